The number of ether oxygens (including phenoxy) is 1. The summed E-state index contributed by atoms with van der Waals surface area (Å²) in [6.07, 6.45) is 3.00. The standard InChI is InChI=1S/C10H17NO3/c1-3-8(6-9(12)14-2)11-10(13)7-4-5-7/h7-8H,3-6H2,1-2H3,(H,11,13). The Kier molecular flexibility index (Phi) is 3.92. The minimum absolute atomic E-state index is 0.0736. The molecule has 1 amide bonds. The van der Waals surface area contributed by atoms with Crippen molar-refractivity contribution < 1.29 is 14.3 Å². The molecule has 0 aromatic rings. The number of hydrogen-bond donors (Lipinski definition) is 1. The van der Waals surface area contributed by atoms with Gasteiger partial charge in [0.15, 0.2) is 0 Å². The van der Waals surface area contributed by atoms with E-state index in [-0.39, 0.29) is 30.3 Å². The molecule has 1 aliphatic rings. The van der Waals surface area contributed by atoms with Crippen molar-refractivity contribution in [3.05, 3.63) is 0 Å². The van der Waals surface area contributed by atoms with Gasteiger partial charge in [-0.1, -0.05) is 6.92 Å². The first-order valence-corrected chi connectivity index (χ1v) is 5.04. The second kappa shape index (κ2) is 4.98. The van der Waals surface area contributed by atoms with E-state index < -0.39 is 0 Å². The van der Waals surface area contributed by atoms with Gasteiger partial charge >= 0.3 is 5.97 Å². The van der Waals surface area contributed by atoms with Crippen molar-refractivity contribution in [1.29, 1.82) is 0 Å². The van der Waals surface area contributed by atoms with Crippen molar-refractivity contribution in [2.45, 2.75) is 38.6 Å². The maximum atomic E-state index is 11.4. The van der Waals surface area contributed by atoms with E-state index >= 15 is 0 Å². The molecule has 0 aromatic carbocycles. The fourth-order valence-electron chi connectivity index (χ4n) is 1.25. The molecule has 1 rings (SSSR count). The molecule has 0 bridgehead atoms. The van der Waals surface area contributed by atoms with Crippen LogP contribution in [0.15, 0.2) is 0 Å². The number of methoxy groups -OCH3 is 1. The Morgan fingerprint density at radius 1 is 1.50 bits per heavy atom. The Balaban J connectivity index is 2.29. The van der Waals surface area contributed by atoms with Crippen LogP contribution < -0.4 is 5.32 Å². The summed E-state index contributed by atoms with van der Waals surface area (Å²) in [7, 11) is 1.36. The average Bonchev–Trinajstić information content (AvgIpc) is 2.99. The highest BCUT2D eigenvalue weighted by Gasteiger charge is 2.30. The van der Waals surface area contributed by atoms with Crippen molar-refractivity contribution >= 4 is 11.9 Å². The molecule has 0 aromatic heterocycles. The zero-order valence-electron chi connectivity index (χ0n) is 8.71. The van der Waals surface area contributed by atoms with Gasteiger partial charge in [-0.3, -0.25) is 9.59 Å². The second-order valence-corrected chi connectivity index (χ2v) is 3.67. The summed E-state index contributed by atoms with van der Waals surface area (Å²) in [5.41, 5.74) is 0. The summed E-state index contributed by atoms with van der Waals surface area (Å²) >= 11 is 0. The Morgan fingerprint density at radius 2 is 2.14 bits per heavy atom. The van der Waals surface area contributed by atoms with E-state index in [4.69, 9.17) is 0 Å². The summed E-state index contributed by atoms with van der Waals surface area (Å²) < 4.78 is 4.55. The molecule has 4 nitrogen and oxygen atoms in total. The smallest absolute Gasteiger partial charge is 0.307 e. The maximum Gasteiger partial charge on any atom is 0.307 e. The molecule has 0 saturated heterocycles. The summed E-state index contributed by atoms with van der Waals surface area (Å²) in [4.78, 5) is 22.4. The van der Waals surface area contributed by atoms with Gasteiger partial charge in [-0.2, -0.15) is 0 Å². The minimum Gasteiger partial charge on any atom is -0.469 e. The molecule has 1 unspecified atom stereocenters. The summed E-state index contributed by atoms with van der Waals surface area (Å²) in [6.45, 7) is 1.95. The van der Waals surface area contributed by atoms with Crippen molar-refractivity contribution in [1.82, 2.24) is 5.32 Å². The van der Waals surface area contributed by atoms with Gasteiger partial charge in [-0.25, -0.2) is 0 Å². The predicted octanol–water partition coefficient (Wildman–Crippen LogP) is 0.854. The van der Waals surface area contributed by atoms with E-state index in [1.54, 1.807) is 0 Å². The first-order valence-electron chi connectivity index (χ1n) is 5.04. The maximum absolute atomic E-state index is 11.4. The van der Waals surface area contributed by atoms with Crippen LogP contribution in [0.2, 0.25) is 0 Å². The molecule has 4 heteroatoms. The topological polar surface area (TPSA) is 55.4 Å². The number of rotatable bonds is 5. The van der Waals surface area contributed by atoms with Crippen LogP contribution in [0.1, 0.15) is 32.6 Å². The van der Waals surface area contributed by atoms with Gasteiger partial charge in [0.1, 0.15) is 0 Å². The number of amides is 1. The molecule has 1 atom stereocenters. The molecule has 1 N–H and O–H groups in total. The minimum atomic E-state index is -0.270. The Hall–Kier alpha value is -1.06. The van der Waals surface area contributed by atoms with Gasteiger partial charge in [0.25, 0.3) is 0 Å². The molecular formula is C10H17NO3. The number of nitrogens with one attached hydrogen (secondary N) is 1. The van der Waals surface area contributed by atoms with Gasteiger partial charge in [0.2, 0.25) is 5.91 Å². The van der Waals surface area contributed by atoms with E-state index in [2.05, 4.69) is 10.1 Å². The molecule has 0 aliphatic heterocycles. The fourth-order valence-corrected chi connectivity index (χ4v) is 1.25. The van der Waals surface area contributed by atoms with Crippen LogP contribution in [-0.2, 0) is 14.3 Å². The van der Waals surface area contributed by atoms with Crippen LogP contribution in [0.25, 0.3) is 0 Å². The third-order valence-electron chi connectivity index (χ3n) is 2.43. The number of esters is 1. The highest BCUT2D eigenvalue weighted by molar-refractivity contribution is 5.81. The highest BCUT2D eigenvalue weighted by atomic mass is 16.5. The number of carbonyl (C=O) groups excluding carboxylic acids is 2. The highest BCUT2D eigenvalue weighted by Crippen LogP contribution is 2.29. The summed E-state index contributed by atoms with van der Waals surface area (Å²) in [6, 6.07) is -0.0736. The summed E-state index contributed by atoms with van der Waals surface area (Å²) in [5, 5.41) is 2.85. The Labute approximate surface area is 84.0 Å². The largest absolute Gasteiger partial charge is 0.469 e. The Morgan fingerprint density at radius 3 is 2.57 bits per heavy atom. The molecule has 0 spiro atoms. The van der Waals surface area contributed by atoms with E-state index in [1.165, 1.54) is 7.11 Å². The second-order valence-electron chi connectivity index (χ2n) is 3.67. The SMILES string of the molecule is CCC(CC(=O)OC)NC(=O)C1CC1. The molecule has 0 radical (unpaired) electrons. The first kappa shape index (κ1) is 11.0. The molecule has 1 aliphatic carbocycles. The number of hydrogen-bond acceptors (Lipinski definition) is 3. The van der Waals surface area contributed by atoms with Crippen molar-refractivity contribution in [2.75, 3.05) is 7.11 Å². The van der Waals surface area contributed by atoms with Crippen molar-refractivity contribution in [2.24, 2.45) is 5.92 Å². The lowest BCUT2D eigenvalue weighted by Gasteiger charge is -2.15. The van der Waals surface area contributed by atoms with Crippen LogP contribution >= 0.6 is 0 Å². The van der Waals surface area contributed by atoms with Crippen molar-refractivity contribution in [3.8, 4) is 0 Å². The normalized spacial score (nSPS) is 17.3. The molecule has 1 fully saturated rings. The van der Waals surface area contributed by atoms with E-state index in [0.29, 0.717) is 0 Å². The third-order valence-corrected chi connectivity index (χ3v) is 2.43. The molecule has 14 heavy (non-hydrogen) atoms. The zero-order chi connectivity index (χ0) is 10.6. The van der Waals surface area contributed by atoms with E-state index in [0.717, 1.165) is 19.3 Å². The number of carbonyl (C=O) groups is 2. The average molecular weight is 199 g/mol. The Bertz CT molecular complexity index is 223. The van der Waals surface area contributed by atoms with Crippen LogP contribution in [0.3, 0.4) is 0 Å². The van der Waals surface area contributed by atoms with Crippen LogP contribution in [-0.4, -0.2) is 25.0 Å². The predicted molar refractivity (Wildman–Crippen MR) is 51.6 cm³/mol. The molecule has 0 heterocycles. The van der Waals surface area contributed by atoms with Gasteiger partial charge in [-0.05, 0) is 19.3 Å². The van der Waals surface area contributed by atoms with Crippen LogP contribution in [0, 0.1) is 5.92 Å². The van der Waals surface area contributed by atoms with E-state index in [9.17, 15) is 9.59 Å². The van der Waals surface area contributed by atoms with Gasteiger partial charge in [0.05, 0.1) is 13.5 Å². The fraction of sp³-hybridized carbons (Fsp3) is 0.800. The molecular weight excluding hydrogens is 182 g/mol. The van der Waals surface area contributed by atoms with Crippen molar-refractivity contribution in [3.63, 3.8) is 0 Å². The van der Waals surface area contributed by atoms with Gasteiger partial charge in [-0.15, -0.1) is 0 Å². The molecule has 80 valence electrons. The zero-order valence-corrected chi connectivity index (χ0v) is 8.71. The quantitative estimate of drug-likeness (QED) is 0.668. The van der Waals surface area contributed by atoms with Gasteiger partial charge in [0, 0.05) is 12.0 Å². The lowest BCUT2D eigenvalue weighted by atomic mass is 10.1. The first-order chi connectivity index (χ1) is 6.67. The monoisotopic (exact) mass is 199 g/mol. The van der Waals surface area contributed by atoms with E-state index in [1.807, 2.05) is 6.92 Å². The van der Waals surface area contributed by atoms with Crippen LogP contribution in [0.5, 0.6) is 0 Å². The third kappa shape index (κ3) is 3.36. The van der Waals surface area contributed by atoms with Crippen LogP contribution in [0.4, 0.5) is 0 Å². The summed E-state index contributed by atoms with van der Waals surface area (Å²) in [5.74, 6) is 0.00963. The van der Waals surface area contributed by atoms with Gasteiger partial charge < -0.3 is 10.1 Å². The lowest BCUT2D eigenvalue weighted by Crippen LogP contribution is -2.37. The molecule has 1 saturated carbocycles. The lowest BCUT2D eigenvalue weighted by molar-refractivity contribution is -0.141.